The molecule has 0 aliphatic rings. The summed E-state index contributed by atoms with van der Waals surface area (Å²) >= 11 is 0. The molecule has 0 bridgehead atoms. The Labute approximate surface area is 155 Å². The number of imidazole rings is 1. The lowest BCUT2D eigenvalue weighted by Crippen LogP contribution is -2.29. The number of hydrogen-bond acceptors (Lipinski definition) is 2. The van der Waals surface area contributed by atoms with Crippen LogP contribution < -0.4 is 5.32 Å². The number of hydrogen-bond donors (Lipinski definition) is 1. The minimum atomic E-state index is -0.109. The molecule has 1 unspecified atom stereocenters. The molecule has 0 spiro atoms. The summed E-state index contributed by atoms with van der Waals surface area (Å²) in [6.45, 7) is 5.13. The predicted octanol–water partition coefficient (Wildman–Crippen LogP) is 4.65. The Morgan fingerprint density at radius 1 is 1.12 bits per heavy atom. The molecular formula is C22H27N3O. The Morgan fingerprint density at radius 2 is 1.85 bits per heavy atom. The number of rotatable bonds is 8. The molecule has 1 N–H and O–H groups in total. The highest BCUT2D eigenvalue weighted by Crippen LogP contribution is 2.21. The van der Waals surface area contributed by atoms with E-state index < -0.39 is 0 Å². The van der Waals surface area contributed by atoms with Crippen LogP contribution in [0.2, 0.25) is 0 Å². The normalized spacial score (nSPS) is 12.2. The van der Waals surface area contributed by atoms with E-state index in [1.165, 1.54) is 5.56 Å². The summed E-state index contributed by atoms with van der Waals surface area (Å²) < 4.78 is 2.25. The maximum atomic E-state index is 12.4. The van der Waals surface area contributed by atoms with Crippen LogP contribution in [0.15, 0.2) is 54.6 Å². The van der Waals surface area contributed by atoms with Gasteiger partial charge in [-0.25, -0.2) is 4.98 Å². The second kappa shape index (κ2) is 8.65. The van der Waals surface area contributed by atoms with Gasteiger partial charge in [-0.05, 0) is 37.5 Å². The zero-order valence-electron chi connectivity index (χ0n) is 15.6. The van der Waals surface area contributed by atoms with Crippen LogP contribution in [-0.4, -0.2) is 15.5 Å². The van der Waals surface area contributed by atoms with Crippen LogP contribution in [-0.2, 0) is 17.8 Å². The van der Waals surface area contributed by atoms with Gasteiger partial charge < -0.3 is 9.88 Å². The average Bonchev–Trinajstić information content (AvgIpc) is 3.04. The predicted molar refractivity (Wildman–Crippen MR) is 106 cm³/mol. The first-order valence-corrected chi connectivity index (χ1v) is 9.47. The van der Waals surface area contributed by atoms with Gasteiger partial charge in [0.05, 0.1) is 17.1 Å². The molecule has 136 valence electrons. The second-order valence-corrected chi connectivity index (χ2v) is 6.74. The third kappa shape index (κ3) is 4.31. The van der Waals surface area contributed by atoms with Crippen LogP contribution in [0.4, 0.5) is 0 Å². The van der Waals surface area contributed by atoms with E-state index in [9.17, 15) is 4.79 Å². The van der Waals surface area contributed by atoms with Crippen LogP contribution >= 0.6 is 0 Å². The van der Waals surface area contributed by atoms with E-state index in [4.69, 9.17) is 4.98 Å². The molecule has 26 heavy (non-hydrogen) atoms. The number of nitrogens with zero attached hydrogens (tertiary/aromatic N) is 2. The van der Waals surface area contributed by atoms with E-state index in [0.717, 1.165) is 42.7 Å². The number of aryl methyl sites for hydroxylation is 2. The Hall–Kier alpha value is -2.62. The molecule has 0 aliphatic heterocycles. The van der Waals surface area contributed by atoms with Crippen molar-refractivity contribution < 1.29 is 4.79 Å². The van der Waals surface area contributed by atoms with Crippen molar-refractivity contribution in [2.45, 2.75) is 52.1 Å². The summed E-state index contributed by atoms with van der Waals surface area (Å²) in [7, 11) is 0. The van der Waals surface area contributed by atoms with Crippen molar-refractivity contribution in [3.8, 4) is 0 Å². The highest BCUT2D eigenvalue weighted by Gasteiger charge is 2.18. The zero-order chi connectivity index (χ0) is 18.4. The van der Waals surface area contributed by atoms with E-state index >= 15 is 0 Å². The van der Waals surface area contributed by atoms with Crippen LogP contribution in [0, 0.1) is 0 Å². The fourth-order valence-electron chi connectivity index (χ4n) is 3.26. The Balaban J connectivity index is 1.70. The molecule has 3 rings (SSSR count). The molecule has 0 fully saturated rings. The number of nitrogens with one attached hydrogen (secondary N) is 1. The molecule has 2 aromatic carbocycles. The number of fused-ring (bicyclic) bond motifs is 1. The van der Waals surface area contributed by atoms with E-state index in [2.05, 4.69) is 35.0 Å². The summed E-state index contributed by atoms with van der Waals surface area (Å²) in [6, 6.07) is 18.2. The first-order chi connectivity index (χ1) is 12.7. The third-order valence-electron chi connectivity index (χ3n) is 4.67. The Kier molecular flexibility index (Phi) is 6.05. The van der Waals surface area contributed by atoms with E-state index in [1.54, 1.807) is 0 Å². The minimum absolute atomic E-state index is 0.0652. The Morgan fingerprint density at radius 3 is 2.62 bits per heavy atom. The zero-order valence-corrected chi connectivity index (χ0v) is 15.6. The number of amides is 1. The highest BCUT2D eigenvalue weighted by molar-refractivity contribution is 5.78. The maximum Gasteiger partial charge on any atom is 0.220 e. The van der Waals surface area contributed by atoms with E-state index in [1.807, 2.05) is 43.3 Å². The fourth-order valence-corrected chi connectivity index (χ4v) is 3.26. The summed E-state index contributed by atoms with van der Waals surface area (Å²) in [5.74, 6) is 1.00. The van der Waals surface area contributed by atoms with Gasteiger partial charge in [-0.3, -0.25) is 4.79 Å². The van der Waals surface area contributed by atoms with Crippen molar-refractivity contribution in [1.82, 2.24) is 14.9 Å². The molecule has 1 atom stereocenters. The molecule has 1 aromatic heterocycles. The van der Waals surface area contributed by atoms with E-state index in [-0.39, 0.29) is 11.9 Å². The van der Waals surface area contributed by atoms with Gasteiger partial charge in [0, 0.05) is 13.0 Å². The van der Waals surface area contributed by atoms with Gasteiger partial charge >= 0.3 is 0 Å². The summed E-state index contributed by atoms with van der Waals surface area (Å²) in [5, 5.41) is 3.12. The first-order valence-electron chi connectivity index (χ1n) is 9.47. The molecular weight excluding hydrogens is 322 g/mol. The molecule has 1 amide bonds. The van der Waals surface area contributed by atoms with Crippen molar-refractivity contribution >= 4 is 16.9 Å². The topological polar surface area (TPSA) is 46.9 Å². The second-order valence-electron chi connectivity index (χ2n) is 6.74. The summed E-state index contributed by atoms with van der Waals surface area (Å²) in [4.78, 5) is 17.2. The SMILES string of the molecule is CCCCn1c(C(C)NC(=O)CCc2ccccc2)nc2ccccc21. The lowest BCUT2D eigenvalue weighted by molar-refractivity contribution is -0.121. The van der Waals surface area contributed by atoms with Gasteiger partial charge in [-0.1, -0.05) is 55.8 Å². The number of carbonyl (C=O) groups is 1. The molecule has 1 heterocycles. The van der Waals surface area contributed by atoms with Gasteiger partial charge in [0.2, 0.25) is 5.91 Å². The lowest BCUT2D eigenvalue weighted by Gasteiger charge is -2.16. The maximum absolute atomic E-state index is 12.4. The average molecular weight is 349 g/mol. The smallest absolute Gasteiger partial charge is 0.220 e. The minimum Gasteiger partial charge on any atom is -0.346 e. The number of benzene rings is 2. The number of para-hydroxylation sites is 2. The quantitative estimate of drug-likeness (QED) is 0.643. The number of aromatic nitrogens is 2. The molecule has 4 nitrogen and oxygen atoms in total. The lowest BCUT2D eigenvalue weighted by atomic mass is 10.1. The van der Waals surface area contributed by atoms with Gasteiger partial charge in [0.25, 0.3) is 0 Å². The van der Waals surface area contributed by atoms with Crippen LogP contribution in [0.3, 0.4) is 0 Å². The molecule has 0 radical (unpaired) electrons. The highest BCUT2D eigenvalue weighted by atomic mass is 16.1. The van der Waals surface area contributed by atoms with Crippen molar-refractivity contribution in [1.29, 1.82) is 0 Å². The fraction of sp³-hybridized carbons (Fsp3) is 0.364. The molecule has 0 saturated carbocycles. The van der Waals surface area contributed by atoms with Crippen LogP contribution in [0.5, 0.6) is 0 Å². The van der Waals surface area contributed by atoms with Crippen LogP contribution in [0.25, 0.3) is 11.0 Å². The Bertz CT molecular complexity index is 854. The van der Waals surface area contributed by atoms with Crippen molar-refractivity contribution in [2.24, 2.45) is 0 Å². The third-order valence-corrected chi connectivity index (χ3v) is 4.67. The standard InChI is InChI=1S/C22H27N3O/c1-3-4-16-25-20-13-9-8-12-19(20)24-22(25)17(2)23-21(26)15-14-18-10-6-5-7-11-18/h5-13,17H,3-4,14-16H2,1-2H3,(H,23,26). The number of unbranched alkanes of at least 4 members (excludes halogenated alkanes) is 1. The summed E-state index contributed by atoms with van der Waals surface area (Å²) in [6.07, 6.45) is 3.47. The van der Waals surface area contributed by atoms with Gasteiger partial charge in [0.1, 0.15) is 5.82 Å². The molecule has 0 aliphatic carbocycles. The molecule has 3 aromatic rings. The van der Waals surface area contributed by atoms with Crippen molar-refractivity contribution in [3.05, 3.63) is 66.0 Å². The number of carbonyl (C=O) groups excluding carboxylic acids is 1. The van der Waals surface area contributed by atoms with Crippen LogP contribution in [0.1, 0.15) is 50.5 Å². The van der Waals surface area contributed by atoms with E-state index in [0.29, 0.717) is 6.42 Å². The molecule has 4 heteroatoms. The summed E-state index contributed by atoms with van der Waals surface area (Å²) in [5.41, 5.74) is 3.32. The molecule has 0 saturated heterocycles. The first kappa shape index (κ1) is 18.2. The van der Waals surface area contributed by atoms with Crippen molar-refractivity contribution in [2.75, 3.05) is 0 Å². The van der Waals surface area contributed by atoms with Crippen molar-refractivity contribution in [3.63, 3.8) is 0 Å². The largest absolute Gasteiger partial charge is 0.346 e. The van der Waals surface area contributed by atoms with Gasteiger partial charge in [0.15, 0.2) is 0 Å². The monoisotopic (exact) mass is 349 g/mol. The van der Waals surface area contributed by atoms with Gasteiger partial charge in [-0.2, -0.15) is 0 Å². The van der Waals surface area contributed by atoms with Gasteiger partial charge in [-0.15, -0.1) is 0 Å².